The van der Waals surface area contributed by atoms with E-state index in [4.69, 9.17) is 4.74 Å². The molecule has 1 fully saturated rings. The quantitative estimate of drug-likeness (QED) is 0.422. The molecule has 10 nitrogen and oxygen atoms in total. The fourth-order valence-electron chi connectivity index (χ4n) is 4.10. The molecule has 0 aliphatic carbocycles. The second-order valence-electron chi connectivity index (χ2n) is 8.46. The minimum atomic E-state index is -0.796. The highest BCUT2D eigenvalue weighted by Crippen LogP contribution is 2.20. The lowest BCUT2D eigenvalue weighted by Crippen LogP contribution is -2.34. The van der Waals surface area contributed by atoms with Crippen LogP contribution in [0.25, 0.3) is 11.8 Å². The van der Waals surface area contributed by atoms with E-state index >= 15 is 0 Å². The number of amides is 2. The Bertz CT molecular complexity index is 1360. The van der Waals surface area contributed by atoms with E-state index in [1.165, 1.54) is 29.0 Å². The molecule has 2 aromatic rings. The Balaban J connectivity index is 1.75. The highest BCUT2D eigenvalue weighted by molar-refractivity contribution is 7.07. The topological polar surface area (TPSA) is 128 Å². The fraction of sp³-hybridized carbons (Fsp3) is 0.440. The van der Waals surface area contributed by atoms with Crippen molar-refractivity contribution >= 4 is 46.5 Å². The van der Waals surface area contributed by atoms with Crippen LogP contribution >= 0.6 is 11.3 Å². The number of nitrogens with zero attached hydrogens (tertiary/aromatic N) is 3. The number of anilines is 2. The number of halogens is 1. The van der Waals surface area contributed by atoms with Gasteiger partial charge in [0.2, 0.25) is 0 Å². The zero-order chi connectivity index (χ0) is 26.9. The number of hydrogen-bond acceptors (Lipinski definition) is 8. The molecular formula is C25H31FN6O4S. The number of thiazole rings is 1. The number of esters is 1. The van der Waals surface area contributed by atoms with Gasteiger partial charge in [-0.2, -0.15) is 5.26 Å². The van der Waals surface area contributed by atoms with E-state index in [0.717, 1.165) is 37.1 Å². The summed E-state index contributed by atoms with van der Waals surface area (Å²) in [5.74, 6) is -1.40. The summed E-state index contributed by atoms with van der Waals surface area (Å²) < 4.78 is 21.0. The summed E-state index contributed by atoms with van der Waals surface area (Å²) in [5.41, 5.74) is -0.227. The van der Waals surface area contributed by atoms with E-state index in [9.17, 15) is 24.0 Å². The molecule has 0 spiro atoms. The molecule has 1 atom stereocenters. The number of carbonyl (C=O) groups excluding carboxylic acids is 2. The second kappa shape index (κ2) is 13.0. The van der Waals surface area contributed by atoms with Crippen LogP contribution in [-0.2, 0) is 16.1 Å². The van der Waals surface area contributed by atoms with Crippen LogP contribution in [-0.4, -0.2) is 54.3 Å². The van der Waals surface area contributed by atoms with Gasteiger partial charge in [0.25, 0.3) is 5.56 Å². The molecule has 2 heterocycles. The van der Waals surface area contributed by atoms with Crippen molar-refractivity contribution in [1.29, 1.82) is 5.26 Å². The van der Waals surface area contributed by atoms with Crippen LogP contribution in [0.15, 0.2) is 23.0 Å². The van der Waals surface area contributed by atoms with Crippen molar-refractivity contribution in [2.45, 2.75) is 45.7 Å². The average molecular weight is 531 g/mol. The number of hydrogen-bond donors (Lipinski definition) is 3. The Morgan fingerprint density at radius 1 is 1.35 bits per heavy atom. The Labute approximate surface area is 218 Å². The number of benzene rings is 1. The van der Waals surface area contributed by atoms with Crippen molar-refractivity contribution in [1.82, 2.24) is 14.8 Å². The lowest BCUT2D eigenvalue weighted by molar-refractivity contribution is -0.136. The summed E-state index contributed by atoms with van der Waals surface area (Å²) in [6, 6.07) is 5.83. The molecule has 1 saturated heterocycles. The molecule has 1 aromatic carbocycles. The summed E-state index contributed by atoms with van der Waals surface area (Å²) in [4.78, 5) is 39.5. The van der Waals surface area contributed by atoms with Crippen LogP contribution < -0.4 is 30.7 Å². The first-order valence-electron chi connectivity index (χ1n) is 12.1. The summed E-state index contributed by atoms with van der Waals surface area (Å²) in [6.07, 6.45) is 4.49. The first kappa shape index (κ1) is 27.9. The van der Waals surface area contributed by atoms with Gasteiger partial charge in [0.15, 0.2) is 5.57 Å². The third-order valence-corrected chi connectivity index (χ3v) is 7.18. The van der Waals surface area contributed by atoms with E-state index in [-0.39, 0.29) is 39.2 Å². The van der Waals surface area contributed by atoms with Gasteiger partial charge in [-0.15, -0.1) is 11.3 Å². The summed E-state index contributed by atoms with van der Waals surface area (Å²) in [6.45, 7) is 5.24. The number of rotatable bonds is 9. The molecule has 3 N–H and O–H groups in total. The summed E-state index contributed by atoms with van der Waals surface area (Å²) in [5, 5.41) is 17.7. The van der Waals surface area contributed by atoms with Crippen LogP contribution in [0.2, 0.25) is 0 Å². The van der Waals surface area contributed by atoms with Crippen molar-refractivity contribution in [2.75, 3.05) is 37.4 Å². The van der Waals surface area contributed by atoms with Gasteiger partial charge < -0.3 is 25.6 Å². The lowest BCUT2D eigenvalue weighted by atomic mass is 10.1. The molecule has 12 heteroatoms. The van der Waals surface area contributed by atoms with Gasteiger partial charge in [-0.1, -0.05) is 0 Å². The molecule has 0 saturated carbocycles. The Kier molecular flexibility index (Phi) is 9.82. The second-order valence-corrected chi connectivity index (χ2v) is 9.49. The minimum absolute atomic E-state index is 0.0193. The first-order chi connectivity index (χ1) is 17.8. The predicted molar refractivity (Wildman–Crippen MR) is 141 cm³/mol. The molecule has 0 radical (unpaired) electrons. The maximum Gasteiger partial charge on any atom is 0.351 e. The summed E-state index contributed by atoms with van der Waals surface area (Å²) >= 11 is 0.969. The van der Waals surface area contributed by atoms with Crippen LogP contribution in [0.1, 0.15) is 33.1 Å². The zero-order valence-corrected chi connectivity index (χ0v) is 21.9. The van der Waals surface area contributed by atoms with Crippen molar-refractivity contribution in [2.24, 2.45) is 0 Å². The van der Waals surface area contributed by atoms with Gasteiger partial charge in [0.05, 0.1) is 12.3 Å². The Hall–Kier alpha value is -3.69. The third-order valence-electron chi connectivity index (χ3n) is 6.05. The molecule has 1 unspecified atom stereocenters. The maximum atomic E-state index is 14.3. The third kappa shape index (κ3) is 6.96. The van der Waals surface area contributed by atoms with Gasteiger partial charge in [0.1, 0.15) is 21.1 Å². The van der Waals surface area contributed by atoms with Crippen LogP contribution in [0, 0.1) is 17.1 Å². The molecule has 2 amide bonds. The van der Waals surface area contributed by atoms with Gasteiger partial charge >= 0.3 is 12.0 Å². The lowest BCUT2D eigenvalue weighted by Gasteiger charge is -2.19. The van der Waals surface area contributed by atoms with E-state index in [1.807, 2.05) is 6.07 Å². The molecule has 1 aromatic heterocycles. The molecule has 198 valence electrons. The number of urea groups is 1. The Morgan fingerprint density at radius 3 is 2.78 bits per heavy atom. The van der Waals surface area contributed by atoms with Crippen LogP contribution in [0.4, 0.5) is 20.6 Å². The minimum Gasteiger partial charge on any atom is -0.462 e. The largest absolute Gasteiger partial charge is 0.462 e. The van der Waals surface area contributed by atoms with Gasteiger partial charge in [-0.25, -0.2) is 14.0 Å². The number of carbonyl (C=O) groups is 2. The smallest absolute Gasteiger partial charge is 0.351 e. The van der Waals surface area contributed by atoms with Gasteiger partial charge in [-0.3, -0.25) is 9.36 Å². The van der Waals surface area contributed by atoms with E-state index in [2.05, 4.69) is 27.9 Å². The van der Waals surface area contributed by atoms with Crippen LogP contribution in [0.3, 0.4) is 0 Å². The van der Waals surface area contributed by atoms with E-state index in [1.54, 1.807) is 13.8 Å². The first-order valence-corrected chi connectivity index (χ1v) is 12.9. The standard InChI is InChI=1S/C25H31FN6O4S/c1-4-32-22(33)21(37-23(32)18(14-27)24(34)36-5-2)15-29-16-8-9-19(26)20(13-16)30-25(35)28-11-10-17-7-6-12-31(17)3/h8-9,13,15,17,29H,4-7,10-12H2,1-3H3,(H2,28,30,35)/b21-15+,23-18-. The maximum absolute atomic E-state index is 14.3. The number of aromatic nitrogens is 1. The highest BCUT2D eigenvalue weighted by Gasteiger charge is 2.20. The SMILES string of the molecule is CCOC(=O)/C(C#N)=c1\s/c(=C/Nc2ccc(F)c(NC(=O)NCCC3CCCN3C)c2)c(=O)n1CC. The number of nitriles is 1. The van der Waals surface area contributed by atoms with Gasteiger partial charge in [-0.05, 0) is 64.9 Å². The van der Waals surface area contributed by atoms with Gasteiger partial charge in [0, 0.05) is 31.0 Å². The zero-order valence-electron chi connectivity index (χ0n) is 21.1. The monoisotopic (exact) mass is 530 g/mol. The molecule has 1 aliphatic rings. The van der Waals surface area contributed by atoms with E-state index < -0.39 is 17.8 Å². The molecule has 0 bridgehead atoms. The van der Waals surface area contributed by atoms with E-state index in [0.29, 0.717) is 18.3 Å². The van der Waals surface area contributed by atoms with Crippen molar-refractivity contribution < 1.29 is 18.7 Å². The number of nitrogens with one attached hydrogen (secondary N) is 3. The van der Waals surface area contributed by atoms with Crippen molar-refractivity contribution in [3.8, 4) is 6.07 Å². The molecule has 3 rings (SSSR count). The fourth-order valence-corrected chi connectivity index (χ4v) is 5.18. The molecule has 1 aliphatic heterocycles. The Morgan fingerprint density at radius 2 is 2.14 bits per heavy atom. The van der Waals surface area contributed by atoms with Crippen molar-refractivity contribution in [3.05, 3.63) is 43.6 Å². The number of likely N-dealkylation sites (tertiary alicyclic amines) is 1. The normalized spacial score (nSPS) is 16.7. The summed E-state index contributed by atoms with van der Waals surface area (Å²) in [7, 11) is 2.07. The molecule has 37 heavy (non-hydrogen) atoms. The average Bonchev–Trinajstić information content (AvgIpc) is 3.42. The van der Waals surface area contributed by atoms with Crippen LogP contribution in [0.5, 0.6) is 0 Å². The number of ether oxygens (including phenoxy) is 1. The van der Waals surface area contributed by atoms with Crippen molar-refractivity contribution in [3.63, 3.8) is 0 Å². The predicted octanol–water partition coefficient (Wildman–Crippen LogP) is 1.76. The highest BCUT2D eigenvalue weighted by atomic mass is 32.1. The molecular weight excluding hydrogens is 499 g/mol.